The molecule has 3 N–H and O–H groups in total. The molecule has 1 aliphatic heterocycles. The predicted molar refractivity (Wildman–Crippen MR) is 162 cm³/mol. The summed E-state index contributed by atoms with van der Waals surface area (Å²) in [6.07, 6.45) is 5.86. The van der Waals surface area contributed by atoms with Crippen molar-refractivity contribution in [1.82, 2.24) is 16.0 Å². The van der Waals surface area contributed by atoms with Gasteiger partial charge in [0.2, 0.25) is 11.8 Å². The van der Waals surface area contributed by atoms with E-state index in [1.165, 1.54) is 0 Å². The molecule has 9 heteroatoms. The van der Waals surface area contributed by atoms with Crippen LogP contribution in [0.1, 0.15) is 82.4 Å². The van der Waals surface area contributed by atoms with Gasteiger partial charge in [-0.25, -0.2) is 4.79 Å². The Morgan fingerprint density at radius 3 is 2.40 bits per heavy atom. The van der Waals surface area contributed by atoms with E-state index in [1.807, 2.05) is 62.4 Å². The SMILES string of the molecule is CC(C)(c1cccc(Cl)c1)C(OC(=O)NC(CC1CCCCC1)C(=O)NC(C=O)C[C@@H]1CCNC1=O)c1ccccc1. The number of hydrogen-bond donors (Lipinski definition) is 3. The molecule has 1 saturated heterocycles. The van der Waals surface area contributed by atoms with E-state index in [1.54, 1.807) is 6.07 Å². The normalized spacial score (nSPS) is 19.7. The second-order valence-corrected chi connectivity index (χ2v) is 12.6. The second kappa shape index (κ2) is 14.7. The maximum absolute atomic E-state index is 13.5. The average molecular weight is 596 g/mol. The van der Waals surface area contributed by atoms with Crippen LogP contribution < -0.4 is 16.0 Å². The molecule has 3 amide bonds. The summed E-state index contributed by atoms with van der Waals surface area (Å²) in [7, 11) is 0. The Bertz CT molecular complexity index is 1230. The third-order valence-electron chi connectivity index (χ3n) is 8.65. The Labute approximate surface area is 253 Å². The van der Waals surface area contributed by atoms with Gasteiger partial charge in [0.05, 0.1) is 6.04 Å². The van der Waals surface area contributed by atoms with Crippen LogP contribution in [0.15, 0.2) is 54.6 Å². The molecular weight excluding hydrogens is 554 g/mol. The highest BCUT2D eigenvalue weighted by atomic mass is 35.5. The minimum atomic E-state index is -0.883. The molecule has 42 heavy (non-hydrogen) atoms. The van der Waals surface area contributed by atoms with Crippen LogP contribution in [0.4, 0.5) is 4.79 Å². The molecule has 4 rings (SSSR count). The van der Waals surface area contributed by atoms with Gasteiger partial charge < -0.3 is 25.5 Å². The number of alkyl carbamates (subject to hydrolysis) is 1. The first-order valence-corrected chi connectivity index (χ1v) is 15.4. The Morgan fingerprint density at radius 2 is 1.76 bits per heavy atom. The molecule has 1 saturated carbocycles. The van der Waals surface area contributed by atoms with Crippen LogP contribution in [-0.4, -0.2) is 42.8 Å². The summed E-state index contributed by atoms with van der Waals surface area (Å²) in [5.41, 5.74) is 1.05. The van der Waals surface area contributed by atoms with Gasteiger partial charge in [-0.05, 0) is 48.4 Å². The molecular formula is C33H42ClN3O5. The van der Waals surface area contributed by atoms with Gasteiger partial charge >= 0.3 is 6.09 Å². The topological polar surface area (TPSA) is 114 Å². The van der Waals surface area contributed by atoms with Crippen LogP contribution in [-0.2, 0) is 24.5 Å². The average Bonchev–Trinajstić information content (AvgIpc) is 3.39. The van der Waals surface area contributed by atoms with Crippen molar-refractivity contribution in [2.45, 2.75) is 88.8 Å². The summed E-state index contributed by atoms with van der Waals surface area (Å²) in [6.45, 7) is 4.54. The lowest BCUT2D eigenvalue weighted by Gasteiger charge is -2.35. The van der Waals surface area contributed by atoms with Crippen LogP contribution in [0.5, 0.6) is 0 Å². The predicted octanol–water partition coefficient (Wildman–Crippen LogP) is 5.63. The van der Waals surface area contributed by atoms with Gasteiger partial charge in [0.25, 0.3) is 0 Å². The summed E-state index contributed by atoms with van der Waals surface area (Å²) < 4.78 is 6.12. The Balaban J connectivity index is 1.52. The third kappa shape index (κ3) is 8.34. The fourth-order valence-electron chi connectivity index (χ4n) is 6.18. The molecule has 2 aromatic carbocycles. The van der Waals surface area contributed by atoms with E-state index in [0.717, 1.165) is 43.2 Å². The van der Waals surface area contributed by atoms with Gasteiger partial charge in [0, 0.05) is 22.9 Å². The lowest BCUT2D eigenvalue weighted by Crippen LogP contribution is -2.52. The van der Waals surface area contributed by atoms with Crippen LogP contribution >= 0.6 is 11.6 Å². The molecule has 2 aliphatic rings. The number of amides is 3. The highest BCUT2D eigenvalue weighted by molar-refractivity contribution is 6.30. The monoisotopic (exact) mass is 595 g/mol. The number of aldehydes is 1. The third-order valence-corrected chi connectivity index (χ3v) is 8.88. The van der Waals surface area contributed by atoms with Gasteiger partial charge in [-0.15, -0.1) is 0 Å². The Kier molecular flexibility index (Phi) is 11.0. The van der Waals surface area contributed by atoms with Crippen molar-refractivity contribution in [2.75, 3.05) is 6.54 Å². The van der Waals surface area contributed by atoms with Crippen molar-refractivity contribution >= 4 is 35.8 Å². The number of rotatable bonds is 12. The highest BCUT2D eigenvalue weighted by Crippen LogP contribution is 2.40. The van der Waals surface area contributed by atoms with Gasteiger partial charge in [0.15, 0.2) is 0 Å². The Morgan fingerprint density at radius 1 is 1.02 bits per heavy atom. The number of nitrogens with one attached hydrogen (secondary N) is 3. The van der Waals surface area contributed by atoms with E-state index in [-0.39, 0.29) is 24.2 Å². The number of hydrogen-bond acceptors (Lipinski definition) is 5. The first-order chi connectivity index (χ1) is 20.2. The molecule has 2 aromatic rings. The quantitative estimate of drug-likeness (QED) is 0.275. The molecule has 0 aromatic heterocycles. The zero-order valence-corrected chi connectivity index (χ0v) is 25.2. The van der Waals surface area contributed by atoms with Crippen molar-refractivity contribution in [2.24, 2.45) is 11.8 Å². The molecule has 2 fully saturated rings. The maximum atomic E-state index is 13.5. The summed E-state index contributed by atoms with van der Waals surface area (Å²) in [5, 5.41) is 8.97. The summed E-state index contributed by atoms with van der Waals surface area (Å²) in [5.74, 6) is -0.599. The first kappa shape index (κ1) is 31.5. The molecule has 0 radical (unpaired) electrons. The summed E-state index contributed by atoms with van der Waals surface area (Å²) >= 11 is 6.31. The fraction of sp³-hybridized carbons (Fsp3) is 0.515. The molecule has 3 unspecified atom stereocenters. The van der Waals surface area contributed by atoms with E-state index in [9.17, 15) is 19.2 Å². The van der Waals surface area contributed by atoms with Crippen molar-refractivity contribution in [3.63, 3.8) is 0 Å². The minimum Gasteiger partial charge on any atom is -0.440 e. The van der Waals surface area contributed by atoms with Gasteiger partial charge in [-0.1, -0.05) is 100 Å². The van der Waals surface area contributed by atoms with Crippen LogP contribution in [0.3, 0.4) is 0 Å². The van der Waals surface area contributed by atoms with Crippen molar-refractivity contribution in [3.8, 4) is 0 Å². The zero-order valence-electron chi connectivity index (χ0n) is 24.4. The molecule has 0 bridgehead atoms. The zero-order chi connectivity index (χ0) is 30.1. The van der Waals surface area contributed by atoms with E-state index in [0.29, 0.717) is 30.7 Å². The van der Waals surface area contributed by atoms with Gasteiger partial charge in [-0.3, -0.25) is 9.59 Å². The first-order valence-electron chi connectivity index (χ1n) is 15.0. The molecule has 0 spiro atoms. The molecule has 4 atom stereocenters. The number of benzene rings is 2. The smallest absolute Gasteiger partial charge is 0.408 e. The fourth-order valence-corrected chi connectivity index (χ4v) is 6.37. The second-order valence-electron chi connectivity index (χ2n) is 12.1. The molecule has 1 aliphatic carbocycles. The number of carbonyl (C=O) groups excluding carboxylic acids is 4. The standard InChI is InChI=1S/C33H42ClN3O5/c1-33(2,25-14-9-15-26(34)20-25)29(23-12-7-4-8-13-23)42-32(41)37-28(18-22-10-5-3-6-11-22)31(40)36-27(21-38)19-24-16-17-35-30(24)39/h4,7-9,12-15,20-22,24,27-29H,3,5-6,10-11,16-19H2,1-2H3,(H,35,39)(H,36,40)(H,37,41)/t24-,27?,28?,29?/m0/s1. The lowest BCUT2D eigenvalue weighted by molar-refractivity contribution is -0.127. The van der Waals surface area contributed by atoms with E-state index >= 15 is 0 Å². The molecule has 226 valence electrons. The maximum Gasteiger partial charge on any atom is 0.408 e. The molecule has 8 nitrogen and oxygen atoms in total. The lowest BCUT2D eigenvalue weighted by atomic mass is 9.76. The number of carbonyl (C=O) groups is 4. The number of halogens is 1. The largest absolute Gasteiger partial charge is 0.440 e. The van der Waals surface area contributed by atoms with Crippen molar-refractivity contribution < 1.29 is 23.9 Å². The summed E-state index contributed by atoms with van der Waals surface area (Å²) in [6, 6.07) is 15.3. The summed E-state index contributed by atoms with van der Waals surface area (Å²) in [4.78, 5) is 51.0. The van der Waals surface area contributed by atoms with Gasteiger partial charge in [0.1, 0.15) is 18.4 Å². The van der Waals surface area contributed by atoms with Crippen molar-refractivity contribution in [3.05, 3.63) is 70.7 Å². The van der Waals surface area contributed by atoms with E-state index < -0.39 is 35.6 Å². The van der Waals surface area contributed by atoms with E-state index in [2.05, 4.69) is 16.0 Å². The number of ether oxygens (including phenoxy) is 1. The minimum absolute atomic E-state index is 0.106. The van der Waals surface area contributed by atoms with E-state index in [4.69, 9.17) is 16.3 Å². The van der Waals surface area contributed by atoms with Crippen LogP contribution in [0.25, 0.3) is 0 Å². The van der Waals surface area contributed by atoms with Crippen LogP contribution in [0, 0.1) is 11.8 Å². The molecule has 1 heterocycles. The Hall–Kier alpha value is -3.39. The van der Waals surface area contributed by atoms with Crippen molar-refractivity contribution in [1.29, 1.82) is 0 Å². The van der Waals surface area contributed by atoms with Crippen LogP contribution in [0.2, 0.25) is 5.02 Å². The highest BCUT2D eigenvalue weighted by Gasteiger charge is 2.37. The van der Waals surface area contributed by atoms with Gasteiger partial charge in [-0.2, -0.15) is 0 Å².